The number of benzene rings is 1. The maximum atomic E-state index is 5.69. The lowest BCUT2D eigenvalue weighted by atomic mass is 10.0. The van der Waals surface area contributed by atoms with E-state index in [0.29, 0.717) is 5.82 Å². The third kappa shape index (κ3) is 2.14. The van der Waals surface area contributed by atoms with Crippen molar-refractivity contribution >= 4 is 11.5 Å². The van der Waals surface area contributed by atoms with Crippen LogP contribution in [0.1, 0.15) is 17.8 Å². The number of rotatable bonds is 2. The summed E-state index contributed by atoms with van der Waals surface area (Å²) in [7, 11) is 0. The summed E-state index contributed by atoms with van der Waals surface area (Å²) in [5, 5.41) is 0. The fourth-order valence-corrected chi connectivity index (χ4v) is 2.44. The summed E-state index contributed by atoms with van der Waals surface area (Å²) in [5.74, 6) is 1.32. The van der Waals surface area contributed by atoms with Gasteiger partial charge in [0.05, 0.1) is 6.54 Å². The molecule has 4 heteroatoms. The Kier molecular flexibility index (Phi) is 2.84. The summed E-state index contributed by atoms with van der Waals surface area (Å²) in [6.45, 7) is 1.78. The minimum Gasteiger partial charge on any atom is -0.384 e. The number of nitrogens with zero attached hydrogens (tertiary/aromatic N) is 3. The fourth-order valence-electron chi connectivity index (χ4n) is 2.44. The molecule has 3 rings (SSSR count). The molecule has 4 nitrogen and oxygen atoms in total. The lowest BCUT2D eigenvalue weighted by molar-refractivity contribution is 0.674. The van der Waals surface area contributed by atoms with Crippen LogP contribution in [0.15, 0.2) is 36.5 Å². The quantitative estimate of drug-likeness (QED) is 0.872. The largest absolute Gasteiger partial charge is 0.384 e. The molecule has 0 saturated carbocycles. The van der Waals surface area contributed by atoms with Gasteiger partial charge in [0.15, 0.2) is 0 Å². The predicted molar refractivity (Wildman–Crippen MR) is 72.3 cm³/mol. The SMILES string of the molecule is Nc1ccnc(CN2CCCc3ccccc32)n1. The predicted octanol–water partition coefficient (Wildman–Crippen LogP) is 2.01. The van der Waals surface area contributed by atoms with Gasteiger partial charge in [0.25, 0.3) is 0 Å². The Hall–Kier alpha value is -2.10. The molecule has 0 bridgehead atoms. The maximum absolute atomic E-state index is 5.69. The summed E-state index contributed by atoms with van der Waals surface area (Å²) in [4.78, 5) is 10.9. The van der Waals surface area contributed by atoms with Gasteiger partial charge < -0.3 is 10.6 Å². The van der Waals surface area contributed by atoms with Gasteiger partial charge in [-0.2, -0.15) is 0 Å². The number of hydrogen-bond acceptors (Lipinski definition) is 4. The van der Waals surface area contributed by atoms with Crippen molar-refractivity contribution in [2.24, 2.45) is 0 Å². The van der Waals surface area contributed by atoms with Crippen molar-refractivity contribution in [3.63, 3.8) is 0 Å². The highest BCUT2D eigenvalue weighted by atomic mass is 15.2. The topological polar surface area (TPSA) is 55.0 Å². The second-order valence-electron chi connectivity index (χ2n) is 4.55. The van der Waals surface area contributed by atoms with E-state index in [1.54, 1.807) is 12.3 Å². The first-order chi connectivity index (χ1) is 8.83. The van der Waals surface area contributed by atoms with Gasteiger partial charge in [-0.3, -0.25) is 0 Å². The maximum Gasteiger partial charge on any atom is 0.149 e. The summed E-state index contributed by atoms with van der Waals surface area (Å²) in [6, 6.07) is 10.3. The Morgan fingerprint density at radius 3 is 3.00 bits per heavy atom. The van der Waals surface area contributed by atoms with Crippen LogP contribution in [0.2, 0.25) is 0 Å². The molecule has 0 amide bonds. The summed E-state index contributed by atoms with van der Waals surface area (Å²) < 4.78 is 0. The number of hydrogen-bond donors (Lipinski definition) is 1. The molecule has 92 valence electrons. The van der Waals surface area contributed by atoms with Crippen molar-refractivity contribution in [1.29, 1.82) is 0 Å². The van der Waals surface area contributed by atoms with Crippen molar-refractivity contribution in [2.75, 3.05) is 17.2 Å². The van der Waals surface area contributed by atoms with Gasteiger partial charge in [0, 0.05) is 18.4 Å². The van der Waals surface area contributed by atoms with Gasteiger partial charge in [-0.1, -0.05) is 18.2 Å². The molecular weight excluding hydrogens is 224 g/mol. The van der Waals surface area contributed by atoms with Crippen LogP contribution in [0.5, 0.6) is 0 Å². The average molecular weight is 240 g/mol. The van der Waals surface area contributed by atoms with Gasteiger partial charge in [-0.25, -0.2) is 9.97 Å². The average Bonchev–Trinajstić information content (AvgIpc) is 2.39. The van der Waals surface area contributed by atoms with Crippen LogP contribution in [0, 0.1) is 0 Å². The number of nitrogens with two attached hydrogens (primary N) is 1. The molecule has 2 aromatic rings. The molecule has 0 atom stereocenters. The molecule has 0 spiro atoms. The zero-order valence-corrected chi connectivity index (χ0v) is 10.2. The second-order valence-corrected chi connectivity index (χ2v) is 4.55. The van der Waals surface area contributed by atoms with Crippen molar-refractivity contribution in [2.45, 2.75) is 19.4 Å². The van der Waals surface area contributed by atoms with E-state index >= 15 is 0 Å². The number of nitrogen functional groups attached to an aromatic ring is 1. The van der Waals surface area contributed by atoms with E-state index in [0.717, 1.165) is 25.3 Å². The molecule has 0 unspecified atom stereocenters. The molecule has 18 heavy (non-hydrogen) atoms. The van der Waals surface area contributed by atoms with Crippen LogP contribution >= 0.6 is 0 Å². The molecule has 0 fully saturated rings. The molecule has 1 aromatic heterocycles. The minimum absolute atomic E-state index is 0.533. The molecule has 1 aliphatic rings. The van der Waals surface area contributed by atoms with Crippen molar-refractivity contribution in [3.8, 4) is 0 Å². The molecule has 2 heterocycles. The number of anilines is 2. The summed E-state index contributed by atoms with van der Waals surface area (Å²) >= 11 is 0. The van der Waals surface area contributed by atoms with Gasteiger partial charge in [0.1, 0.15) is 11.6 Å². The Balaban J connectivity index is 1.86. The minimum atomic E-state index is 0.533. The van der Waals surface area contributed by atoms with E-state index in [4.69, 9.17) is 5.73 Å². The summed E-state index contributed by atoms with van der Waals surface area (Å²) in [6.07, 6.45) is 4.05. The Labute approximate surface area is 106 Å². The monoisotopic (exact) mass is 240 g/mol. The zero-order chi connectivity index (χ0) is 12.4. The van der Waals surface area contributed by atoms with Gasteiger partial charge in [0.2, 0.25) is 0 Å². The Bertz CT molecular complexity index is 553. The molecule has 1 aromatic carbocycles. The van der Waals surface area contributed by atoms with Gasteiger partial charge in [-0.05, 0) is 30.5 Å². The fraction of sp³-hybridized carbons (Fsp3) is 0.286. The van der Waals surface area contributed by atoms with Crippen LogP contribution in [0.3, 0.4) is 0 Å². The molecule has 2 N–H and O–H groups in total. The van der Waals surface area contributed by atoms with Crippen LogP contribution in [0.4, 0.5) is 11.5 Å². The van der Waals surface area contributed by atoms with Gasteiger partial charge in [-0.15, -0.1) is 0 Å². The van der Waals surface area contributed by atoms with E-state index in [1.807, 2.05) is 0 Å². The van der Waals surface area contributed by atoms with Crippen molar-refractivity contribution < 1.29 is 0 Å². The van der Waals surface area contributed by atoms with Gasteiger partial charge >= 0.3 is 0 Å². The summed E-state index contributed by atoms with van der Waals surface area (Å²) in [5.41, 5.74) is 8.40. The first-order valence-electron chi connectivity index (χ1n) is 6.23. The highest BCUT2D eigenvalue weighted by Crippen LogP contribution is 2.27. The highest BCUT2D eigenvalue weighted by molar-refractivity contribution is 5.55. The standard InChI is InChI=1S/C14H16N4/c15-13-7-8-16-14(17-13)10-18-9-3-5-11-4-1-2-6-12(11)18/h1-2,4,6-8H,3,5,9-10H2,(H2,15,16,17). The third-order valence-corrected chi connectivity index (χ3v) is 3.27. The molecule has 0 saturated heterocycles. The second kappa shape index (κ2) is 4.64. The number of aryl methyl sites for hydroxylation is 1. The third-order valence-electron chi connectivity index (χ3n) is 3.27. The normalized spacial score (nSPS) is 14.3. The lowest BCUT2D eigenvalue weighted by Crippen LogP contribution is -2.29. The number of aromatic nitrogens is 2. The van der Waals surface area contributed by atoms with E-state index in [1.165, 1.54) is 17.7 Å². The van der Waals surface area contributed by atoms with Crippen LogP contribution < -0.4 is 10.6 Å². The van der Waals surface area contributed by atoms with Crippen LogP contribution in [-0.4, -0.2) is 16.5 Å². The van der Waals surface area contributed by atoms with Crippen LogP contribution in [0.25, 0.3) is 0 Å². The molecule has 0 radical (unpaired) electrons. The number of fused-ring (bicyclic) bond motifs is 1. The lowest BCUT2D eigenvalue weighted by Gasteiger charge is -2.30. The van der Waals surface area contributed by atoms with E-state index in [-0.39, 0.29) is 0 Å². The molecular formula is C14H16N4. The Morgan fingerprint density at radius 1 is 1.22 bits per heavy atom. The molecule has 1 aliphatic heterocycles. The van der Waals surface area contributed by atoms with E-state index in [2.05, 4.69) is 39.1 Å². The molecule has 0 aliphatic carbocycles. The zero-order valence-electron chi connectivity index (χ0n) is 10.2. The first kappa shape index (κ1) is 11.0. The van der Waals surface area contributed by atoms with Crippen LogP contribution in [-0.2, 0) is 13.0 Å². The smallest absolute Gasteiger partial charge is 0.149 e. The Morgan fingerprint density at radius 2 is 2.11 bits per heavy atom. The van der Waals surface area contributed by atoms with E-state index < -0.39 is 0 Å². The highest BCUT2D eigenvalue weighted by Gasteiger charge is 2.17. The first-order valence-corrected chi connectivity index (χ1v) is 6.23. The van der Waals surface area contributed by atoms with Crippen molar-refractivity contribution in [3.05, 3.63) is 47.9 Å². The number of para-hydroxylation sites is 1. The van der Waals surface area contributed by atoms with E-state index in [9.17, 15) is 0 Å². The van der Waals surface area contributed by atoms with Crippen molar-refractivity contribution in [1.82, 2.24) is 9.97 Å².